The minimum Gasteiger partial charge on any atom is -0.495 e. The summed E-state index contributed by atoms with van der Waals surface area (Å²) in [5.74, 6) is 0.337. The molecule has 1 aromatic carbocycles. The Hall–Kier alpha value is -2.50. The summed E-state index contributed by atoms with van der Waals surface area (Å²) in [7, 11) is 1.55. The molecule has 6 heteroatoms. The number of benzene rings is 1. The fourth-order valence-electron chi connectivity index (χ4n) is 2.27. The van der Waals surface area contributed by atoms with Crippen LogP contribution in [0.4, 0.5) is 5.69 Å². The Labute approximate surface area is 122 Å². The Bertz CT molecular complexity index is 713. The highest BCUT2D eigenvalue weighted by Crippen LogP contribution is 2.33. The van der Waals surface area contributed by atoms with Crippen LogP contribution in [0.3, 0.4) is 0 Å². The SMILES string of the molecule is COc1ccccc1NC(=O)Cn1ccn(C2CC2)c1=O. The summed E-state index contributed by atoms with van der Waals surface area (Å²) in [4.78, 5) is 24.1. The number of anilines is 1. The summed E-state index contributed by atoms with van der Waals surface area (Å²) in [6, 6.07) is 7.49. The lowest BCUT2D eigenvalue weighted by molar-refractivity contribution is -0.116. The molecule has 0 atom stereocenters. The number of carbonyl (C=O) groups excluding carboxylic acids is 1. The van der Waals surface area contributed by atoms with Crippen molar-refractivity contribution in [2.45, 2.75) is 25.4 Å². The molecule has 3 rings (SSSR count). The third-order valence-electron chi connectivity index (χ3n) is 3.51. The molecule has 1 saturated carbocycles. The van der Waals surface area contributed by atoms with Gasteiger partial charge < -0.3 is 10.1 Å². The van der Waals surface area contributed by atoms with E-state index < -0.39 is 0 Å². The summed E-state index contributed by atoms with van der Waals surface area (Å²) < 4.78 is 8.29. The number of hydrogen-bond acceptors (Lipinski definition) is 3. The van der Waals surface area contributed by atoms with Gasteiger partial charge in [0.25, 0.3) is 0 Å². The maximum Gasteiger partial charge on any atom is 0.328 e. The highest BCUT2D eigenvalue weighted by molar-refractivity contribution is 5.92. The topological polar surface area (TPSA) is 65.3 Å². The van der Waals surface area contributed by atoms with Crippen molar-refractivity contribution in [2.24, 2.45) is 0 Å². The first-order chi connectivity index (χ1) is 10.2. The summed E-state index contributed by atoms with van der Waals surface area (Å²) in [5.41, 5.74) is 0.465. The smallest absolute Gasteiger partial charge is 0.328 e. The Kier molecular flexibility index (Phi) is 3.51. The van der Waals surface area contributed by atoms with E-state index in [0.717, 1.165) is 12.8 Å². The lowest BCUT2D eigenvalue weighted by atomic mass is 10.3. The van der Waals surface area contributed by atoms with E-state index in [1.165, 1.54) is 4.57 Å². The number of hydrogen-bond donors (Lipinski definition) is 1. The second-order valence-electron chi connectivity index (χ2n) is 5.10. The number of carbonyl (C=O) groups is 1. The summed E-state index contributed by atoms with van der Waals surface area (Å²) in [6.07, 6.45) is 5.48. The molecule has 0 unspecified atom stereocenters. The maximum absolute atomic E-state index is 12.1. The second-order valence-corrected chi connectivity index (χ2v) is 5.10. The van der Waals surface area contributed by atoms with Gasteiger partial charge >= 0.3 is 5.69 Å². The molecule has 1 aliphatic carbocycles. The zero-order chi connectivity index (χ0) is 14.8. The van der Waals surface area contributed by atoms with Crippen molar-refractivity contribution in [2.75, 3.05) is 12.4 Å². The maximum atomic E-state index is 12.1. The normalized spacial score (nSPS) is 14.0. The first-order valence-electron chi connectivity index (χ1n) is 6.89. The number of aromatic nitrogens is 2. The molecule has 1 fully saturated rings. The predicted molar refractivity (Wildman–Crippen MR) is 78.6 cm³/mol. The van der Waals surface area contributed by atoms with Crippen LogP contribution >= 0.6 is 0 Å². The minimum atomic E-state index is -0.254. The van der Waals surface area contributed by atoms with Gasteiger partial charge in [-0.15, -0.1) is 0 Å². The predicted octanol–water partition coefficient (Wildman–Crippen LogP) is 1.63. The molecule has 0 saturated heterocycles. The van der Waals surface area contributed by atoms with Crippen molar-refractivity contribution in [3.8, 4) is 5.75 Å². The largest absolute Gasteiger partial charge is 0.495 e. The number of rotatable bonds is 5. The van der Waals surface area contributed by atoms with Crippen LogP contribution in [0, 0.1) is 0 Å². The number of methoxy groups -OCH3 is 1. The van der Waals surface area contributed by atoms with E-state index in [2.05, 4.69) is 5.32 Å². The van der Waals surface area contributed by atoms with Crippen molar-refractivity contribution in [1.29, 1.82) is 0 Å². The molecule has 1 heterocycles. The molecule has 1 amide bonds. The summed E-state index contributed by atoms with van der Waals surface area (Å²) in [5, 5.41) is 2.76. The van der Waals surface area contributed by atoms with Crippen LogP contribution in [0.15, 0.2) is 41.5 Å². The van der Waals surface area contributed by atoms with E-state index in [-0.39, 0.29) is 18.1 Å². The standard InChI is InChI=1S/C15H17N3O3/c1-21-13-5-3-2-4-12(13)16-14(19)10-17-8-9-18(15(17)20)11-6-7-11/h2-5,8-9,11H,6-7,10H2,1H3,(H,16,19). The third-order valence-corrected chi connectivity index (χ3v) is 3.51. The van der Waals surface area contributed by atoms with E-state index in [4.69, 9.17) is 4.74 Å². The Morgan fingerprint density at radius 2 is 2.10 bits per heavy atom. The van der Waals surface area contributed by atoms with Gasteiger partial charge in [0.15, 0.2) is 0 Å². The van der Waals surface area contributed by atoms with Crippen LogP contribution in [0.1, 0.15) is 18.9 Å². The number of imidazole rings is 1. The Balaban J connectivity index is 1.70. The molecule has 0 radical (unpaired) electrons. The van der Waals surface area contributed by atoms with Crippen LogP contribution < -0.4 is 15.7 Å². The first kappa shape index (κ1) is 13.5. The van der Waals surface area contributed by atoms with Gasteiger partial charge in [0.1, 0.15) is 12.3 Å². The first-order valence-corrected chi connectivity index (χ1v) is 6.89. The van der Waals surface area contributed by atoms with Crippen LogP contribution in [0.5, 0.6) is 5.75 Å². The summed E-state index contributed by atoms with van der Waals surface area (Å²) in [6.45, 7) is -0.00337. The van der Waals surface area contributed by atoms with E-state index in [1.54, 1.807) is 36.2 Å². The number of para-hydroxylation sites is 2. The van der Waals surface area contributed by atoms with Crippen molar-refractivity contribution in [3.63, 3.8) is 0 Å². The van der Waals surface area contributed by atoms with Crippen LogP contribution in [-0.2, 0) is 11.3 Å². The van der Waals surface area contributed by atoms with Crippen molar-refractivity contribution >= 4 is 11.6 Å². The number of amides is 1. The van der Waals surface area contributed by atoms with E-state index in [0.29, 0.717) is 17.5 Å². The Morgan fingerprint density at radius 1 is 1.33 bits per heavy atom. The minimum absolute atomic E-state index is 0.00337. The molecular formula is C15H17N3O3. The Morgan fingerprint density at radius 3 is 2.81 bits per heavy atom. The van der Waals surface area contributed by atoms with Gasteiger partial charge in [-0.2, -0.15) is 0 Å². The second kappa shape index (κ2) is 5.47. The molecule has 0 bridgehead atoms. The molecule has 21 heavy (non-hydrogen) atoms. The van der Waals surface area contributed by atoms with Crippen molar-refractivity contribution < 1.29 is 9.53 Å². The van der Waals surface area contributed by atoms with Gasteiger partial charge in [-0.1, -0.05) is 12.1 Å². The fraction of sp³-hybridized carbons (Fsp3) is 0.333. The lowest BCUT2D eigenvalue weighted by Gasteiger charge is -2.09. The van der Waals surface area contributed by atoms with Crippen LogP contribution in [0.2, 0.25) is 0 Å². The van der Waals surface area contributed by atoms with Gasteiger partial charge in [0.05, 0.1) is 12.8 Å². The number of nitrogens with one attached hydrogen (secondary N) is 1. The molecular weight excluding hydrogens is 270 g/mol. The molecule has 1 aromatic heterocycles. The van der Waals surface area contributed by atoms with Crippen LogP contribution in [0.25, 0.3) is 0 Å². The van der Waals surface area contributed by atoms with Gasteiger partial charge in [-0.3, -0.25) is 13.9 Å². The molecule has 1 N–H and O–H groups in total. The van der Waals surface area contributed by atoms with Crippen molar-refractivity contribution in [3.05, 3.63) is 47.1 Å². The lowest BCUT2D eigenvalue weighted by Crippen LogP contribution is -2.28. The molecule has 6 nitrogen and oxygen atoms in total. The van der Waals surface area contributed by atoms with Crippen molar-refractivity contribution in [1.82, 2.24) is 9.13 Å². The zero-order valence-electron chi connectivity index (χ0n) is 11.8. The van der Waals surface area contributed by atoms with Gasteiger partial charge in [0.2, 0.25) is 5.91 Å². The van der Waals surface area contributed by atoms with E-state index in [9.17, 15) is 9.59 Å². The van der Waals surface area contributed by atoms with Gasteiger partial charge in [-0.05, 0) is 25.0 Å². The average Bonchev–Trinajstić information content (AvgIpc) is 3.26. The van der Waals surface area contributed by atoms with Gasteiger partial charge in [-0.25, -0.2) is 4.79 Å². The molecule has 0 spiro atoms. The van der Waals surface area contributed by atoms with E-state index >= 15 is 0 Å². The number of ether oxygens (including phenoxy) is 1. The highest BCUT2D eigenvalue weighted by atomic mass is 16.5. The van der Waals surface area contributed by atoms with E-state index in [1.807, 2.05) is 12.1 Å². The molecule has 0 aliphatic heterocycles. The summed E-state index contributed by atoms with van der Waals surface area (Å²) >= 11 is 0. The third kappa shape index (κ3) is 2.84. The molecule has 1 aliphatic rings. The fourth-order valence-corrected chi connectivity index (χ4v) is 2.27. The number of nitrogens with zero attached hydrogens (tertiary/aromatic N) is 2. The zero-order valence-corrected chi connectivity index (χ0v) is 11.8. The highest BCUT2D eigenvalue weighted by Gasteiger charge is 2.25. The van der Waals surface area contributed by atoms with Crippen LogP contribution in [-0.4, -0.2) is 22.2 Å². The quantitative estimate of drug-likeness (QED) is 0.909. The average molecular weight is 287 g/mol. The molecule has 2 aromatic rings. The van der Waals surface area contributed by atoms with Gasteiger partial charge in [0, 0.05) is 18.4 Å². The monoisotopic (exact) mass is 287 g/mol. The molecule has 110 valence electrons.